The molecule has 3 fully saturated rings. The SMILES string of the molecule is CCN1C[C@H]2O[C@]3(C1)CN(C(=O)c1c4c(nc5onc(C)c15)CCC4)C[C@@H]3[C@@H]2CO. The van der Waals surface area contributed by atoms with Crippen molar-refractivity contribution in [3.63, 3.8) is 0 Å². The number of fused-ring (bicyclic) bond motifs is 3. The molecule has 30 heavy (non-hydrogen) atoms. The van der Waals surface area contributed by atoms with Gasteiger partial charge in [-0.1, -0.05) is 12.1 Å². The second-order valence-corrected chi connectivity index (χ2v) is 9.40. The number of aliphatic hydroxyl groups is 1. The van der Waals surface area contributed by atoms with E-state index in [1.54, 1.807) is 0 Å². The molecule has 5 heterocycles. The molecule has 1 N–H and O–H groups in total. The number of morpholine rings is 1. The fourth-order valence-electron chi connectivity index (χ4n) is 6.43. The molecule has 8 heteroatoms. The number of nitrogens with zero attached hydrogens (tertiary/aromatic N) is 4. The van der Waals surface area contributed by atoms with Gasteiger partial charge in [0.2, 0.25) is 0 Å². The molecule has 0 radical (unpaired) electrons. The van der Waals surface area contributed by atoms with Crippen LogP contribution in [0.2, 0.25) is 0 Å². The lowest BCUT2D eigenvalue weighted by Crippen LogP contribution is -2.54. The minimum Gasteiger partial charge on any atom is -0.396 e. The molecular weight excluding hydrogens is 384 g/mol. The van der Waals surface area contributed by atoms with Crippen molar-refractivity contribution < 1.29 is 19.2 Å². The van der Waals surface area contributed by atoms with Crippen molar-refractivity contribution in [2.24, 2.45) is 11.8 Å². The Morgan fingerprint density at radius 2 is 2.17 bits per heavy atom. The largest absolute Gasteiger partial charge is 0.396 e. The van der Waals surface area contributed by atoms with E-state index in [1.165, 1.54) is 0 Å². The van der Waals surface area contributed by atoms with Crippen LogP contribution in [0.25, 0.3) is 11.1 Å². The third-order valence-corrected chi connectivity index (χ3v) is 7.84. The van der Waals surface area contributed by atoms with Crippen LogP contribution in [0.3, 0.4) is 0 Å². The van der Waals surface area contributed by atoms with Gasteiger partial charge in [-0.25, -0.2) is 4.98 Å². The normalized spacial score (nSPS) is 32.8. The second kappa shape index (κ2) is 6.48. The Hall–Kier alpha value is -2.03. The number of amides is 1. The highest BCUT2D eigenvalue weighted by Gasteiger charge is 2.62. The fraction of sp³-hybridized carbons (Fsp3) is 0.682. The van der Waals surface area contributed by atoms with Crippen molar-refractivity contribution in [3.8, 4) is 0 Å². The van der Waals surface area contributed by atoms with Gasteiger partial charge in [0.15, 0.2) is 0 Å². The average Bonchev–Trinajstić information content (AvgIpc) is 3.48. The first-order valence-electron chi connectivity index (χ1n) is 11.1. The summed E-state index contributed by atoms with van der Waals surface area (Å²) < 4.78 is 11.9. The summed E-state index contributed by atoms with van der Waals surface area (Å²) in [7, 11) is 0. The van der Waals surface area contributed by atoms with Crippen LogP contribution in [0.5, 0.6) is 0 Å². The van der Waals surface area contributed by atoms with Crippen LogP contribution in [0.1, 0.15) is 40.7 Å². The highest BCUT2D eigenvalue weighted by atomic mass is 16.5. The van der Waals surface area contributed by atoms with Crippen molar-refractivity contribution in [2.75, 3.05) is 39.3 Å². The van der Waals surface area contributed by atoms with E-state index in [0.29, 0.717) is 24.5 Å². The first-order valence-corrected chi connectivity index (χ1v) is 11.1. The summed E-state index contributed by atoms with van der Waals surface area (Å²) in [5, 5.41) is 14.9. The minimum absolute atomic E-state index is 0.0288. The number of hydrogen-bond acceptors (Lipinski definition) is 7. The van der Waals surface area contributed by atoms with Gasteiger partial charge in [0.25, 0.3) is 11.6 Å². The van der Waals surface area contributed by atoms with Crippen LogP contribution < -0.4 is 0 Å². The second-order valence-electron chi connectivity index (χ2n) is 9.40. The third kappa shape index (κ3) is 2.41. The van der Waals surface area contributed by atoms with Gasteiger partial charge in [-0.3, -0.25) is 9.69 Å². The highest BCUT2D eigenvalue weighted by Crippen LogP contribution is 2.49. The van der Waals surface area contributed by atoms with Gasteiger partial charge >= 0.3 is 0 Å². The lowest BCUT2D eigenvalue weighted by Gasteiger charge is -2.40. The van der Waals surface area contributed by atoms with Gasteiger partial charge in [-0.2, -0.15) is 0 Å². The van der Waals surface area contributed by atoms with E-state index in [0.717, 1.165) is 61.1 Å². The van der Waals surface area contributed by atoms with Crippen molar-refractivity contribution in [3.05, 3.63) is 22.5 Å². The smallest absolute Gasteiger partial charge is 0.259 e. The summed E-state index contributed by atoms with van der Waals surface area (Å²) in [5.41, 5.74) is 3.56. The predicted octanol–water partition coefficient (Wildman–Crippen LogP) is 1.17. The van der Waals surface area contributed by atoms with Gasteiger partial charge in [-0.15, -0.1) is 0 Å². The maximum Gasteiger partial charge on any atom is 0.259 e. The number of aliphatic hydroxyl groups excluding tert-OH is 1. The Balaban J connectivity index is 1.40. The summed E-state index contributed by atoms with van der Waals surface area (Å²) in [6.07, 6.45) is 2.81. The number of aryl methyl sites for hydroxylation is 2. The number of rotatable bonds is 3. The van der Waals surface area contributed by atoms with E-state index >= 15 is 0 Å². The van der Waals surface area contributed by atoms with E-state index in [4.69, 9.17) is 9.26 Å². The van der Waals surface area contributed by atoms with E-state index in [9.17, 15) is 9.90 Å². The molecule has 6 rings (SSSR count). The lowest BCUT2D eigenvalue weighted by molar-refractivity contribution is -0.114. The molecule has 1 amide bonds. The van der Waals surface area contributed by atoms with Gasteiger partial charge in [0, 0.05) is 43.8 Å². The third-order valence-electron chi connectivity index (χ3n) is 7.84. The molecule has 8 nitrogen and oxygen atoms in total. The number of likely N-dealkylation sites (tertiary alicyclic amines) is 2. The van der Waals surface area contributed by atoms with Crippen LogP contribution in [0.15, 0.2) is 4.52 Å². The standard InChI is InChI=1S/C22H28N4O4/c1-3-25-8-17-14(9-27)15-7-26(11-22(15,10-25)29-17)21(28)19-13-5-4-6-16(13)23-20-18(19)12(2)24-30-20/h14-15,17,27H,3-11H2,1-2H3/t14-,15+,17+,22+/m0/s1. The van der Waals surface area contributed by atoms with Gasteiger partial charge < -0.3 is 19.3 Å². The fourth-order valence-corrected chi connectivity index (χ4v) is 6.43. The molecular formula is C22H28N4O4. The zero-order valence-corrected chi connectivity index (χ0v) is 17.6. The Labute approximate surface area is 175 Å². The van der Waals surface area contributed by atoms with Crippen LogP contribution in [0, 0.1) is 18.8 Å². The zero-order valence-electron chi connectivity index (χ0n) is 17.6. The topological polar surface area (TPSA) is 91.9 Å². The van der Waals surface area contributed by atoms with Crippen LogP contribution >= 0.6 is 0 Å². The number of carbonyl (C=O) groups is 1. The number of carbonyl (C=O) groups excluding carboxylic acids is 1. The zero-order chi connectivity index (χ0) is 20.6. The van der Waals surface area contributed by atoms with Gasteiger partial charge in [0.05, 0.1) is 29.3 Å². The summed E-state index contributed by atoms with van der Waals surface area (Å²) in [5.74, 6) is 0.280. The molecule has 0 saturated carbocycles. The van der Waals surface area contributed by atoms with Crippen molar-refractivity contribution in [2.45, 2.75) is 44.8 Å². The lowest BCUT2D eigenvalue weighted by atomic mass is 9.83. The van der Waals surface area contributed by atoms with E-state index in [1.807, 2.05) is 11.8 Å². The van der Waals surface area contributed by atoms with Crippen LogP contribution in [-0.2, 0) is 17.6 Å². The van der Waals surface area contributed by atoms with Crippen molar-refractivity contribution in [1.29, 1.82) is 0 Å². The number of ether oxygens (including phenoxy) is 1. The molecule has 4 aliphatic rings. The Kier molecular flexibility index (Phi) is 4.04. The molecule has 4 atom stereocenters. The Morgan fingerprint density at radius 1 is 1.30 bits per heavy atom. The monoisotopic (exact) mass is 412 g/mol. The highest BCUT2D eigenvalue weighted by molar-refractivity contribution is 6.07. The van der Waals surface area contributed by atoms with Gasteiger partial charge in [0.1, 0.15) is 5.60 Å². The number of hydrogen-bond donors (Lipinski definition) is 1. The summed E-state index contributed by atoms with van der Waals surface area (Å²) >= 11 is 0. The summed E-state index contributed by atoms with van der Waals surface area (Å²) in [4.78, 5) is 22.9. The number of pyridine rings is 1. The van der Waals surface area contributed by atoms with E-state index in [2.05, 4.69) is 22.0 Å². The molecule has 0 aromatic carbocycles. The van der Waals surface area contributed by atoms with Gasteiger partial charge in [-0.05, 0) is 38.3 Å². The molecule has 2 aromatic rings. The average molecular weight is 412 g/mol. The number of aromatic nitrogens is 2. The Bertz CT molecular complexity index is 1040. The van der Waals surface area contributed by atoms with Crippen LogP contribution in [-0.4, -0.2) is 82.0 Å². The molecule has 3 saturated heterocycles. The Morgan fingerprint density at radius 3 is 2.97 bits per heavy atom. The molecule has 1 spiro atoms. The van der Waals surface area contributed by atoms with Crippen LogP contribution in [0.4, 0.5) is 0 Å². The van der Waals surface area contributed by atoms with Crippen molar-refractivity contribution >= 4 is 17.0 Å². The summed E-state index contributed by atoms with van der Waals surface area (Å²) in [6, 6.07) is 0. The first kappa shape index (κ1) is 18.7. The predicted molar refractivity (Wildman–Crippen MR) is 108 cm³/mol. The molecule has 0 unspecified atom stereocenters. The molecule has 160 valence electrons. The maximum absolute atomic E-state index is 13.9. The first-order chi connectivity index (χ1) is 14.5. The molecule has 1 aliphatic carbocycles. The number of likely N-dealkylation sites (N-methyl/N-ethyl adjacent to an activating group) is 1. The summed E-state index contributed by atoms with van der Waals surface area (Å²) in [6.45, 7) is 7.99. The quantitative estimate of drug-likeness (QED) is 0.809. The van der Waals surface area contributed by atoms with Crippen molar-refractivity contribution in [1.82, 2.24) is 19.9 Å². The molecule has 2 bridgehead atoms. The minimum atomic E-state index is -0.374. The van der Waals surface area contributed by atoms with E-state index < -0.39 is 0 Å². The van der Waals surface area contributed by atoms with E-state index in [-0.39, 0.29) is 36.1 Å². The molecule has 3 aliphatic heterocycles. The maximum atomic E-state index is 13.9. The molecule has 2 aromatic heterocycles.